The quantitative estimate of drug-likeness (QED) is 0.839. The first kappa shape index (κ1) is 16.5. The van der Waals surface area contributed by atoms with Gasteiger partial charge in [-0.15, -0.1) is 0 Å². The molecule has 112 valence electrons. The Hall–Kier alpha value is -2.56. The van der Waals surface area contributed by atoms with Gasteiger partial charge in [-0.05, 0) is 6.42 Å². The molecule has 1 aromatic rings. The molecule has 8 heteroatoms. The summed E-state index contributed by atoms with van der Waals surface area (Å²) in [4.78, 5) is 23.2. The standard InChI is InChI=1S/C13H11F3N2O3/c1-21-13(20)10(3-2-4-17)18-12(19)11-8(15)5-7(14)6-9(11)16/h5-6,10H,2-3H2,1H3,(H,18,19)/t10-/m0/s1. The van der Waals surface area contributed by atoms with Crippen molar-refractivity contribution >= 4 is 11.9 Å². The molecule has 5 nitrogen and oxygen atoms in total. The van der Waals surface area contributed by atoms with Gasteiger partial charge in [0.05, 0.1) is 13.2 Å². The van der Waals surface area contributed by atoms with E-state index in [1.54, 1.807) is 6.07 Å². The highest BCUT2D eigenvalue weighted by atomic mass is 19.1. The van der Waals surface area contributed by atoms with Crippen molar-refractivity contribution in [3.05, 3.63) is 35.1 Å². The van der Waals surface area contributed by atoms with E-state index < -0.39 is 40.9 Å². The molecule has 0 aromatic heterocycles. The van der Waals surface area contributed by atoms with E-state index in [0.717, 1.165) is 7.11 Å². The Morgan fingerprint density at radius 1 is 1.33 bits per heavy atom. The SMILES string of the molecule is COC(=O)[C@H](CCC#N)NC(=O)c1c(F)cc(F)cc1F. The fourth-order valence-corrected chi connectivity index (χ4v) is 1.59. The number of nitrogens with zero attached hydrogens (tertiary/aromatic N) is 1. The summed E-state index contributed by atoms with van der Waals surface area (Å²) >= 11 is 0. The molecule has 0 aliphatic heterocycles. The van der Waals surface area contributed by atoms with Crippen LogP contribution in [0.3, 0.4) is 0 Å². The summed E-state index contributed by atoms with van der Waals surface area (Å²) in [7, 11) is 1.06. The molecule has 0 bridgehead atoms. The van der Waals surface area contributed by atoms with Crippen molar-refractivity contribution in [2.45, 2.75) is 18.9 Å². The van der Waals surface area contributed by atoms with E-state index in [2.05, 4.69) is 10.1 Å². The molecule has 1 rings (SSSR count). The summed E-state index contributed by atoms with van der Waals surface area (Å²) < 4.78 is 44.1. The number of ether oxygens (including phenoxy) is 1. The van der Waals surface area contributed by atoms with Gasteiger partial charge in [-0.1, -0.05) is 0 Å². The Kier molecular flexibility index (Phi) is 5.72. The number of carbonyl (C=O) groups is 2. The van der Waals surface area contributed by atoms with Crippen molar-refractivity contribution in [3.8, 4) is 6.07 Å². The number of nitrogens with one attached hydrogen (secondary N) is 1. The number of amides is 1. The Balaban J connectivity index is 2.97. The van der Waals surface area contributed by atoms with Crippen LogP contribution in [-0.2, 0) is 9.53 Å². The first-order valence-electron chi connectivity index (χ1n) is 5.81. The maximum absolute atomic E-state index is 13.4. The molecule has 1 aromatic carbocycles. The number of hydrogen-bond acceptors (Lipinski definition) is 4. The largest absolute Gasteiger partial charge is 0.467 e. The lowest BCUT2D eigenvalue weighted by Gasteiger charge is -2.15. The predicted octanol–water partition coefficient (Wildman–Crippen LogP) is 1.68. The van der Waals surface area contributed by atoms with Gasteiger partial charge < -0.3 is 10.1 Å². The van der Waals surface area contributed by atoms with Crippen LogP contribution in [0.2, 0.25) is 0 Å². The molecule has 0 spiro atoms. The molecular weight excluding hydrogens is 289 g/mol. The average molecular weight is 300 g/mol. The smallest absolute Gasteiger partial charge is 0.328 e. The summed E-state index contributed by atoms with van der Waals surface area (Å²) in [5.74, 6) is -6.06. The lowest BCUT2D eigenvalue weighted by atomic mass is 10.1. The number of carbonyl (C=O) groups excluding carboxylic acids is 2. The third kappa shape index (κ3) is 4.21. The zero-order chi connectivity index (χ0) is 16.0. The molecule has 0 saturated carbocycles. The molecule has 21 heavy (non-hydrogen) atoms. The van der Waals surface area contributed by atoms with Crippen molar-refractivity contribution in [2.24, 2.45) is 0 Å². The van der Waals surface area contributed by atoms with E-state index in [4.69, 9.17) is 5.26 Å². The Bertz CT molecular complexity index is 576. The van der Waals surface area contributed by atoms with Crippen LogP contribution >= 0.6 is 0 Å². The summed E-state index contributed by atoms with van der Waals surface area (Å²) in [5, 5.41) is 10.5. The molecule has 0 heterocycles. The molecule has 1 N–H and O–H groups in total. The van der Waals surface area contributed by atoms with Gasteiger partial charge in [0.2, 0.25) is 0 Å². The van der Waals surface area contributed by atoms with E-state index in [-0.39, 0.29) is 12.8 Å². The molecular formula is C13H11F3N2O3. The van der Waals surface area contributed by atoms with E-state index in [0.29, 0.717) is 12.1 Å². The van der Waals surface area contributed by atoms with Crippen LogP contribution in [-0.4, -0.2) is 25.0 Å². The second-order valence-electron chi connectivity index (χ2n) is 3.99. The van der Waals surface area contributed by atoms with Gasteiger partial charge in [-0.25, -0.2) is 18.0 Å². The lowest BCUT2D eigenvalue weighted by Crippen LogP contribution is -2.42. The number of rotatable bonds is 5. The highest BCUT2D eigenvalue weighted by Gasteiger charge is 2.25. The van der Waals surface area contributed by atoms with Gasteiger partial charge in [0, 0.05) is 18.6 Å². The molecule has 1 amide bonds. The summed E-state index contributed by atoms with van der Waals surface area (Å²) in [6.45, 7) is 0. The fraction of sp³-hybridized carbons (Fsp3) is 0.308. The van der Waals surface area contributed by atoms with E-state index >= 15 is 0 Å². The number of esters is 1. The van der Waals surface area contributed by atoms with Crippen LogP contribution in [0.15, 0.2) is 12.1 Å². The second kappa shape index (κ2) is 7.28. The number of nitriles is 1. The minimum absolute atomic E-state index is 0.0750. The second-order valence-corrected chi connectivity index (χ2v) is 3.99. The number of hydrogen-bond donors (Lipinski definition) is 1. The van der Waals surface area contributed by atoms with E-state index in [1.165, 1.54) is 0 Å². The van der Waals surface area contributed by atoms with Crippen molar-refractivity contribution in [1.82, 2.24) is 5.32 Å². The van der Waals surface area contributed by atoms with Gasteiger partial charge in [-0.2, -0.15) is 5.26 Å². The van der Waals surface area contributed by atoms with Crippen LogP contribution in [0.25, 0.3) is 0 Å². The first-order valence-corrected chi connectivity index (χ1v) is 5.81. The maximum atomic E-state index is 13.4. The first-order chi connectivity index (χ1) is 9.90. The van der Waals surface area contributed by atoms with Crippen LogP contribution in [0.4, 0.5) is 13.2 Å². The van der Waals surface area contributed by atoms with Gasteiger partial charge in [-0.3, -0.25) is 4.79 Å². The van der Waals surface area contributed by atoms with Gasteiger partial charge in [0.15, 0.2) is 0 Å². The molecule has 0 saturated heterocycles. The number of methoxy groups -OCH3 is 1. The van der Waals surface area contributed by atoms with Crippen molar-refractivity contribution in [3.63, 3.8) is 0 Å². The van der Waals surface area contributed by atoms with Gasteiger partial charge >= 0.3 is 5.97 Å². The van der Waals surface area contributed by atoms with Crippen LogP contribution in [0.5, 0.6) is 0 Å². The third-order valence-electron chi connectivity index (χ3n) is 2.57. The normalized spacial score (nSPS) is 11.4. The Labute approximate surface area is 118 Å². The molecule has 1 atom stereocenters. The van der Waals surface area contributed by atoms with E-state index in [1.807, 2.05) is 0 Å². The minimum Gasteiger partial charge on any atom is -0.467 e. The highest BCUT2D eigenvalue weighted by Crippen LogP contribution is 2.15. The van der Waals surface area contributed by atoms with Gasteiger partial charge in [0.25, 0.3) is 5.91 Å². The molecule has 0 fully saturated rings. The lowest BCUT2D eigenvalue weighted by molar-refractivity contribution is -0.143. The molecule has 0 radical (unpaired) electrons. The average Bonchev–Trinajstić information content (AvgIpc) is 2.41. The van der Waals surface area contributed by atoms with Gasteiger partial charge in [0.1, 0.15) is 29.1 Å². The molecule has 0 aliphatic rings. The molecule has 0 aliphatic carbocycles. The Morgan fingerprint density at radius 2 is 1.90 bits per heavy atom. The highest BCUT2D eigenvalue weighted by molar-refractivity contribution is 5.97. The zero-order valence-corrected chi connectivity index (χ0v) is 11.0. The Morgan fingerprint density at radius 3 is 2.38 bits per heavy atom. The van der Waals surface area contributed by atoms with Crippen molar-refractivity contribution in [1.29, 1.82) is 5.26 Å². The number of benzene rings is 1. The monoisotopic (exact) mass is 300 g/mol. The number of halogens is 3. The summed E-state index contributed by atoms with van der Waals surface area (Å²) in [6, 6.07) is 1.23. The fourth-order valence-electron chi connectivity index (χ4n) is 1.59. The van der Waals surface area contributed by atoms with Crippen LogP contribution < -0.4 is 5.32 Å². The summed E-state index contributed by atoms with van der Waals surface area (Å²) in [6.07, 6.45) is -0.159. The van der Waals surface area contributed by atoms with Crippen LogP contribution in [0, 0.1) is 28.8 Å². The zero-order valence-electron chi connectivity index (χ0n) is 11.0. The topological polar surface area (TPSA) is 79.2 Å². The third-order valence-corrected chi connectivity index (χ3v) is 2.57. The minimum atomic E-state index is -1.39. The van der Waals surface area contributed by atoms with Crippen molar-refractivity contribution in [2.75, 3.05) is 7.11 Å². The van der Waals surface area contributed by atoms with E-state index in [9.17, 15) is 22.8 Å². The van der Waals surface area contributed by atoms with Crippen LogP contribution in [0.1, 0.15) is 23.2 Å². The maximum Gasteiger partial charge on any atom is 0.328 e. The molecule has 0 unspecified atom stereocenters. The predicted molar refractivity (Wildman–Crippen MR) is 64.4 cm³/mol. The van der Waals surface area contributed by atoms with Crippen molar-refractivity contribution < 1.29 is 27.5 Å². The summed E-state index contributed by atoms with van der Waals surface area (Å²) in [5.41, 5.74) is -1.01.